The number of carbonyl (C=O) groups excluding carboxylic acids is 1. The smallest absolute Gasteiger partial charge is 0.222 e. The Morgan fingerprint density at radius 2 is 1.82 bits per heavy atom. The second-order valence-electron chi connectivity index (χ2n) is 10.5. The van der Waals surface area contributed by atoms with Crippen molar-refractivity contribution in [2.75, 3.05) is 46.6 Å². The molecule has 0 radical (unpaired) electrons. The average molecular weight is 529 g/mol. The van der Waals surface area contributed by atoms with Gasteiger partial charge in [0.1, 0.15) is 29.3 Å². The van der Waals surface area contributed by atoms with Crippen LogP contribution < -0.4 is 15.2 Å². The number of para-hydroxylation sites is 1. The van der Waals surface area contributed by atoms with Gasteiger partial charge in [-0.1, -0.05) is 37.3 Å². The molecule has 2 N–H and O–H groups in total. The first-order chi connectivity index (χ1) is 18.9. The molecule has 1 aliphatic heterocycles. The second-order valence-corrected chi connectivity index (χ2v) is 10.5. The highest BCUT2D eigenvalue weighted by Gasteiger charge is 2.33. The van der Waals surface area contributed by atoms with E-state index < -0.39 is 0 Å². The zero-order valence-electron chi connectivity index (χ0n) is 23.0. The van der Waals surface area contributed by atoms with Gasteiger partial charge in [-0.15, -0.1) is 0 Å². The van der Waals surface area contributed by atoms with E-state index in [1.54, 1.807) is 7.11 Å². The van der Waals surface area contributed by atoms with Gasteiger partial charge in [-0.05, 0) is 56.3 Å². The SMILES string of the molecule is COc1c(-c2ccc(Oc3ccccc3)cc2)c2c(N)ncnc2n1[C@@H]1CCN(C(=O)CC(C)CN(C)C)C1. The molecule has 4 aromatic rings. The molecule has 3 heterocycles. The molecule has 0 bridgehead atoms. The summed E-state index contributed by atoms with van der Waals surface area (Å²) >= 11 is 0. The Balaban J connectivity index is 1.46. The predicted octanol–water partition coefficient (Wildman–Crippen LogP) is 4.84. The minimum absolute atomic E-state index is 0.0132. The first kappa shape index (κ1) is 26.5. The molecule has 1 amide bonds. The molecule has 2 aromatic heterocycles. The second kappa shape index (κ2) is 11.3. The lowest BCUT2D eigenvalue weighted by Crippen LogP contribution is -2.32. The van der Waals surface area contributed by atoms with Crippen LogP contribution in [-0.4, -0.2) is 71.1 Å². The number of amides is 1. The monoisotopic (exact) mass is 528 g/mol. The number of aromatic nitrogens is 3. The first-order valence-corrected chi connectivity index (χ1v) is 13.3. The highest BCUT2D eigenvalue weighted by molar-refractivity contribution is 6.04. The summed E-state index contributed by atoms with van der Waals surface area (Å²) in [5.74, 6) is 3.03. The molecule has 0 saturated carbocycles. The summed E-state index contributed by atoms with van der Waals surface area (Å²) in [4.78, 5) is 26.1. The number of nitrogens with two attached hydrogens (primary N) is 1. The molecule has 9 nitrogen and oxygen atoms in total. The highest BCUT2D eigenvalue weighted by Crippen LogP contribution is 2.45. The summed E-state index contributed by atoms with van der Waals surface area (Å²) in [6.07, 6.45) is 2.82. The number of hydrogen-bond donors (Lipinski definition) is 1. The minimum atomic E-state index is 0.0132. The number of nitrogens with zero attached hydrogens (tertiary/aromatic N) is 5. The molecule has 1 fully saturated rings. The number of fused-ring (bicyclic) bond motifs is 1. The van der Waals surface area contributed by atoms with Gasteiger partial charge >= 0.3 is 0 Å². The standard InChI is InChI=1S/C30H36N6O3/c1-20(17-34(2)3)16-25(37)35-15-14-22(18-35)36-29-27(28(31)32-19-33-29)26(30(36)38-4)21-10-12-24(13-11-21)39-23-8-6-5-7-9-23/h5-13,19-20,22H,14-18H2,1-4H3,(H2,31,32,33)/t20?,22-/m1/s1. The number of likely N-dealkylation sites (tertiary alicyclic amines) is 1. The Kier molecular flexibility index (Phi) is 7.70. The van der Waals surface area contributed by atoms with Gasteiger partial charge in [0.25, 0.3) is 0 Å². The highest BCUT2D eigenvalue weighted by atomic mass is 16.5. The van der Waals surface area contributed by atoms with Gasteiger partial charge in [0.05, 0.1) is 24.1 Å². The van der Waals surface area contributed by atoms with Gasteiger partial charge < -0.3 is 25.0 Å². The van der Waals surface area contributed by atoms with E-state index in [-0.39, 0.29) is 11.9 Å². The van der Waals surface area contributed by atoms with Crippen LogP contribution in [0, 0.1) is 5.92 Å². The number of methoxy groups -OCH3 is 1. The maximum Gasteiger partial charge on any atom is 0.222 e. The molecule has 1 aliphatic rings. The molecule has 0 spiro atoms. The number of nitrogen functional groups attached to an aromatic ring is 1. The number of rotatable bonds is 9. The van der Waals surface area contributed by atoms with E-state index in [0.29, 0.717) is 42.8 Å². The van der Waals surface area contributed by atoms with E-state index >= 15 is 0 Å². The number of anilines is 1. The predicted molar refractivity (Wildman–Crippen MR) is 153 cm³/mol. The lowest BCUT2D eigenvalue weighted by atomic mass is 10.1. The number of benzene rings is 2. The molecule has 39 heavy (non-hydrogen) atoms. The van der Waals surface area contributed by atoms with Gasteiger partial charge in [-0.25, -0.2) is 9.97 Å². The maximum atomic E-state index is 13.1. The lowest BCUT2D eigenvalue weighted by Gasteiger charge is -2.22. The van der Waals surface area contributed by atoms with Crippen LogP contribution in [0.1, 0.15) is 25.8 Å². The molecular formula is C30H36N6O3. The fraction of sp³-hybridized carbons (Fsp3) is 0.367. The van der Waals surface area contributed by atoms with Gasteiger partial charge in [0.15, 0.2) is 0 Å². The van der Waals surface area contributed by atoms with E-state index in [4.69, 9.17) is 15.2 Å². The number of ether oxygens (including phenoxy) is 2. The third-order valence-electron chi connectivity index (χ3n) is 7.16. The van der Waals surface area contributed by atoms with E-state index in [0.717, 1.165) is 41.0 Å². The zero-order valence-corrected chi connectivity index (χ0v) is 23.0. The van der Waals surface area contributed by atoms with Crippen molar-refractivity contribution < 1.29 is 14.3 Å². The van der Waals surface area contributed by atoms with Crippen LogP contribution in [0.5, 0.6) is 17.4 Å². The van der Waals surface area contributed by atoms with Crippen LogP contribution in [0.25, 0.3) is 22.2 Å². The lowest BCUT2D eigenvalue weighted by molar-refractivity contribution is -0.131. The quantitative estimate of drug-likeness (QED) is 0.332. The van der Waals surface area contributed by atoms with Crippen molar-refractivity contribution in [3.05, 3.63) is 60.9 Å². The summed E-state index contributed by atoms with van der Waals surface area (Å²) in [5, 5.41) is 0.746. The molecule has 2 aromatic carbocycles. The topological polar surface area (TPSA) is 98.7 Å². The number of carbonyl (C=O) groups is 1. The molecule has 1 unspecified atom stereocenters. The fourth-order valence-corrected chi connectivity index (χ4v) is 5.55. The molecule has 2 atom stereocenters. The molecule has 0 aliphatic carbocycles. The third kappa shape index (κ3) is 5.54. The van der Waals surface area contributed by atoms with Crippen molar-refractivity contribution in [2.24, 2.45) is 5.92 Å². The zero-order chi connectivity index (χ0) is 27.5. The third-order valence-corrected chi connectivity index (χ3v) is 7.16. The van der Waals surface area contributed by atoms with Crippen molar-refractivity contribution >= 4 is 22.8 Å². The van der Waals surface area contributed by atoms with E-state index in [1.165, 1.54) is 6.33 Å². The summed E-state index contributed by atoms with van der Waals surface area (Å²) in [5.41, 5.74) is 8.88. The summed E-state index contributed by atoms with van der Waals surface area (Å²) in [6.45, 7) is 4.30. The Hall–Kier alpha value is -4.11. The van der Waals surface area contributed by atoms with Crippen LogP contribution in [0.4, 0.5) is 5.82 Å². The van der Waals surface area contributed by atoms with Crippen LogP contribution in [0.2, 0.25) is 0 Å². The molecule has 1 saturated heterocycles. The van der Waals surface area contributed by atoms with Crippen molar-refractivity contribution in [1.29, 1.82) is 0 Å². The Morgan fingerprint density at radius 3 is 2.51 bits per heavy atom. The fourth-order valence-electron chi connectivity index (χ4n) is 5.55. The van der Waals surface area contributed by atoms with Crippen molar-refractivity contribution in [1.82, 2.24) is 24.3 Å². The van der Waals surface area contributed by atoms with E-state index in [9.17, 15) is 4.79 Å². The van der Waals surface area contributed by atoms with Crippen molar-refractivity contribution in [2.45, 2.75) is 25.8 Å². The summed E-state index contributed by atoms with van der Waals surface area (Å²) < 4.78 is 14.1. The van der Waals surface area contributed by atoms with Gasteiger partial charge in [0.2, 0.25) is 11.8 Å². The number of hydrogen-bond acceptors (Lipinski definition) is 7. The average Bonchev–Trinajstić information content (AvgIpc) is 3.53. The maximum absolute atomic E-state index is 13.1. The summed E-state index contributed by atoms with van der Waals surface area (Å²) in [7, 11) is 5.72. The van der Waals surface area contributed by atoms with Crippen LogP contribution in [0.3, 0.4) is 0 Å². The summed E-state index contributed by atoms with van der Waals surface area (Å²) in [6, 6.07) is 17.5. The molecule has 9 heteroatoms. The van der Waals surface area contributed by atoms with Crippen LogP contribution >= 0.6 is 0 Å². The molecular weight excluding hydrogens is 492 g/mol. The Labute approximate surface area is 229 Å². The first-order valence-electron chi connectivity index (χ1n) is 13.3. The van der Waals surface area contributed by atoms with Crippen LogP contribution in [0.15, 0.2) is 60.9 Å². The van der Waals surface area contributed by atoms with Gasteiger partial charge in [-0.3, -0.25) is 9.36 Å². The minimum Gasteiger partial charge on any atom is -0.482 e. The Bertz CT molecular complexity index is 1430. The Morgan fingerprint density at radius 1 is 1.10 bits per heavy atom. The largest absolute Gasteiger partial charge is 0.482 e. The van der Waals surface area contributed by atoms with Crippen molar-refractivity contribution in [3.63, 3.8) is 0 Å². The van der Waals surface area contributed by atoms with E-state index in [2.05, 4.69) is 26.4 Å². The van der Waals surface area contributed by atoms with Crippen molar-refractivity contribution in [3.8, 4) is 28.5 Å². The molecule has 204 valence electrons. The van der Waals surface area contributed by atoms with Gasteiger partial charge in [-0.2, -0.15) is 0 Å². The van der Waals surface area contributed by atoms with Gasteiger partial charge in [0, 0.05) is 26.1 Å². The molecule has 5 rings (SSSR count). The van der Waals surface area contributed by atoms with E-state index in [1.807, 2.05) is 73.6 Å². The normalized spacial score (nSPS) is 16.1. The van der Waals surface area contributed by atoms with Crippen LogP contribution in [-0.2, 0) is 4.79 Å².